The molecule has 1 aliphatic rings. The minimum atomic E-state index is 0.356. The summed E-state index contributed by atoms with van der Waals surface area (Å²) in [6.45, 7) is 4.64. The fourth-order valence-electron chi connectivity index (χ4n) is 1.92. The summed E-state index contributed by atoms with van der Waals surface area (Å²) in [7, 11) is 0. The van der Waals surface area contributed by atoms with Crippen LogP contribution in [0.4, 0.5) is 0 Å². The van der Waals surface area contributed by atoms with E-state index in [1.165, 1.54) is 12.8 Å². The van der Waals surface area contributed by atoms with Gasteiger partial charge < -0.3 is 9.88 Å². The van der Waals surface area contributed by atoms with Crippen LogP contribution in [0.2, 0.25) is 0 Å². The molecule has 2 heterocycles. The first-order valence-electron chi connectivity index (χ1n) is 4.65. The van der Waals surface area contributed by atoms with Crippen molar-refractivity contribution in [3.63, 3.8) is 0 Å². The Kier molecular flexibility index (Phi) is 1.93. The lowest BCUT2D eigenvalue weighted by atomic mass is 9.90. The lowest BCUT2D eigenvalue weighted by molar-refractivity contribution is 0.232. The molecule has 1 fully saturated rings. The van der Waals surface area contributed by atoms with Gasteiger partial charge in [-0.1, -0.05) is 0 Å². The Hall–Kier alpha value is -0.760. The van der Waals surface area contributed by atoms with E-state index in [9.17, 15) is 0 Å². The average Bonchev–Trinajstić information content (AvgIpc) is 2.58. The largest absolute Gasteiger partial charge is 0.348 e. The predicted octanol–water partition coefficient (Wildman–Crippen LogP) is 1.59. The number of nitrogens with zero attached hydrogens (tertiary/aromatic N) is 1. The van der Waals surface area contributed by atoms with E-state index in [-0.39, 0.29) is 0 Å². The molecule has 1 N–H and O–H groups in total. The fourth-order valence-corrected chi connectivity index (χ4v) is 1.92. The van der Waals surface area contributed by atoms with Crippen molar-refractivity contribution < 1.29 is 0 Å². The summed E-state index contributed by atoms with van der Waals surface area (Å²) in [5, 5.41) is 3.39. The molecule has 0 aliphatic carbocycles. The predicted molar refractivity (Wildman–Crippen MR) is 50.2 cm³/mol. The van der Waals surface area contributed by atoms with Crippen LogP contribution in [0.15, 0.2) is 24.5 Å². The molecule has 0 unspecified atom stereocenters. The third-order valence-corrected chi connectivity index (χ3v) is 2.91. The van der Waals surface area contributed by atoms with Crippen LogP contribution in [0.5, 0.6) is 0 Å². The maximum absolute atomic E-state index is 3.39. The Balaban J connectivity index is 2.19. The third kappa shape index (κ3) is 1.27. The van der Waals surface area contributed by atoms with Gasteiger partial charge in [-0.3, -0.25) is 0 Å². The standard InChI is InChI=1S/C10H16N2/c1-10(4-6-11-7-5-10)12-8-2-3-9-12/h2-3,8-9,11H,4-7H2,1H3. The molecule has 1 aliphatic heterocycles. The zero-order valence-electron chi connectivity index (χ0n) is 7.59. The van der Waals surface area contributed by atoms with Gasteiger partial charge in [-0.05, 0) is 45.0 Å². The highest BCUT2D eigenvalue weighted by molar-refractivity contribution is 4.98. The first-order chi connectivity index (χ1) is 5.81. The smallest absolute Gasteiger partial charge is 0.0436 e. The Morgan fingerprint density at radius 2 is 1.75 bits per heavy atom. The van der Waals surface area contributed by atoms with Crippen molar-refractivity contribution in [1.29, 1.82) is 0 Å². The Bertz CT molecular complexity index is 232. The van der Waals surface area contributed by atoms with Crippen molar-refractivity contribution >= 4 is 0 Å². The molecule has 12 heavy (non-hydrogen) atoms. The second-order valence-corrected chi connectivity index (χ2v) is 3.84. The van der Waals surface area contributed by atoms with Gasteiger partial charge in [0.15, 0.2) is 0 Å². The van der Waals surface area contributed by atoms with E-state index < -0.39 is 0 Å². The van der Waals surface area contributed by atoms with E-state index in [2.05, 4.69) is 41.3 Å². The van der Waals surface area contributed by atoms with E-state index in [0.717, 1.165) is 13.1 Å². The molecule has 0 atom stereocenters. The Morgan fingerprint density at radius 1 is 1.17 bits per heavy atom. The molecule has 66 valence electrons. The van der Waals surface area contributed by atoms with Crippen LogP contribution >= 0.6 is 0 Å². The number of hydrogen-bond acceptors (Lipinski definition) is 1. The van der Waals surface area contributed by atoms with Crippen molar-refractivity contribution in [2.45, 2.75) is 25.3 Å². The molecular weight excluding hydrogens is 148 g/mol. The van der Waals surface area contributed by atoms with Gasteiger partial charge in [0.1, 0.15) is 0 Å². The van der Waals surface area contributed by atoms with Gasteiger partial charge in [0.05, 0.1) is 0 Å². The van der Waals surface area contributed by atoms with Crippen LogP contribution in [-0.2, 0) is 5.54 Å². The molecule has 2 heteroatoms. The van der Waals surface area contributed by atoms with Gasteiger partial charge in [-0.25, -0.2) is 0 Å². The first-order valence-corrected chi connectivity index (χ1v) is 4.65. The maximum atomic E-state index is 3.39. The van der Waals surface area contributed by atoms with Crippen molar-refractivity contribution in [3.05, 3.63) is 24.5 Å². The van der Waals surface area contributed by atoms with Gasteiger partial charge >= 0.3 is 0 Å². The molecule has 0 aromatic carbocycles. The Morgan fingerprint density at radius 3 is 2.33 bits per heavy atom. The quantitative estimate of drug-likeness (QED) is 0.667. The summed E-state index contributed by atoms with van der Waals surface area (Å²) in [6.07, 6.45) is 6.82. The lowest BCUT2D eigenvalue weighted by Gasteiger charge is -2.35. The van der Waals surface area contributed by atoms with Gasteiger partial charge in [0.2, 0.25) is 0 Å². The van der Waals surface area contributed by atoms with Crippen molar-refractivity contribution in [3.8, 4) is 0 Å². The summed E-state index contributed by atoms with van der Waals surface area (Å²) < 4.78 is 2.34. The third-order valence-electron chi connectivity index (χ3n) is 2.91. The average molecular weight is 164 g/mol. The van der Waals surface area contributed by atoms with Crippen LogP contribution in [-0.4, -0.2) is 17.7 Å². The summed E-state index contributed by atoms with van der Waals surface area (Å²) in [5.41, 5.74) is 0.356. The molecule has 1 aromatic heterocycles. The number of rotatable bonds is 1. The van der Waals surface area contributed by atoms with Crippen molar-refractivity contribution in [2.75, 3.05) is 13.1 Å². The summed E-state index contributed by atoms with van der Waals surface area (Å²) >= 11 is 0. The van der Waals surface area contributed by atoms with Crippen LogP contribution in [0.3, 0.4) is 0 Å². The Labute approximate surface area is 73.6 Å². The van der Waals surface area contributed by atoms with Gasteiger partial charge in [0, 0.05) is 17.9 Å². The molecule has 0 spiro atoms. The molecule has 2 rings (SSSR count). The van der Waals surface area contributed by atoms with E-state index in [4.69, 9.17) is 0 Å². The maximum Gasteiger partial charge on any atom is 0.0436 e. The SMILES string of the molecule is CC1(n2cccc2)CCNCC1. The molecule has 0 bridgehead atoms. The molecule has 0 amide bonds. The van der Waals surface area contributed by atoms with Gasteiger partial charge in [0.25, 0.3) is 0 Å². The number of aromatic nitrogens is 1. The van der Waals surface area contributed by atoms with E-state index in [0.29, 0.717) is 5.54 Å². The molecule has 0 radical (unpaired) electrons. The van der Waals surface area contributed by atoms with Gasteiger partial charge in [-0.2, -0.15) is 0 Å². The normalized spacial score (nSPS) is 22.4. The van der Waals surface area contributed by atoms with E-state index in [1.54, 1.807) is 0 Å². The van der Waals surface area contributed by atoms with Crippen LogP contribution in [0, 0.1) is 0 Å². The molecule has 1 aromatic rings. The molecular formula is C10H16N2. The first kappa shape index (κ1) is 7.87. The summed E-state index contributed by atoms with van der Waals surface area (Å²) in [4.78, 5) is 0. The van der Waals surface area contributed by atoms with Crippen molar-refractivity contribution in [2.24, 2.45) is 0 Å². The minimum Gasteiger partial charge on any atom is -0.348 e. The number of piperidine rings is 1. The minimum absolute atomic E-state index is 0.356. The van der Waals surface area contributed by atoms with Crippen LogP contribution < -0.4 is 5.32 Å². The second kappa shape index (κ2) is 2.94. The van der Waals surface area contributed by atoms with E-state index in [1.807, 2.05) is 0 Å². The molecule has 1 saturated heterocycles. The van der Waals surface area contributed by atoms with E-state index >= 15 is 0 Å². The van der Waals surface area contributed by atoms with Crippen LogP contribution in [0.25, 0.3) is 0 Å². The zero-order valence-corrected chi connectivity index (χ0v) is 7.59. The highest BCUT2D eigenvalue weighted by atomic mass is 15.1. The van der Waals surface area contributed by atoms with Crippen LogP contribution in [0.1, 0.15) is 19.8 Å². The van der Waals surface area contributed by atoms with Gasteiger partial charge in [-0.15, -0.1) is 0 Å². The number of hydrogen-bond donors (Lipinski definition) is 1. The highest BCUT2D eigenvalue weighted by Crippen LogP contribution is 2.26. The second-order valence-electron chi connectivity index (χ2n) is 3.84. The lowest BCUT2D eigenvalue weighted by Crippen LogP contribution is -2.41. The summed E-state index contributed by atoms with van der Waals surface area (Å²) in [6, 6.07) is 4.21. The van der Waals surface area contributed by atoms with Crippen molar-refractivity contribution in [1.82, 2.24) is 9.88 Å². The zero-order chi connectivity index (χ0) is 8.44. The molecule has 2 nitrogen and oxygen atoms in total. The summed E-state index contributed by atoms with van der Waals surface area (Å²) in [5.74, 6) is 0. The highest BCUT2D eigenvalue weighted by Gasteiger charge is 2.27. The fraction of sp³-hybridized carbons (Fsp3) is 0.600. The molecule has 0 saturated carbocycles. The monoisotopic (exact) mass is 164 g/mol. The topological polar surface area (TPSA) is 17.0 Å². The number of nitrogens with one attached hydrogen (secondary N) is 1.